The lowest BCUT2D eigenvalue weighted by Crippen LogP contribution is -2.11. The molecule has 1 aliphatic rings. The average molecular weight is 293 g/mol. The van der Waals surface area contributed by atoms with E-state index in [2.05, 4.69) is 12.1 Å². The molecule has 0 radical (unpaired) electrons. The predicted octanol–water partition coefficient (Wildman–Crippen LogP) is 1.22. The Balaban J connectivity index is 0.000000240. The number of benzene rings is 1. The average Bonchev–Trinajstić information content (AvgIpc) is 2.92. The number of nitrogens with two attached hydrogens (primary N) is 1. The second-order valence-corrected chi connectivity index (χ2v) is 4.39. The standard InChI is InChI=1S/C11H15NO.C4H4O4/c12-7-8-13-11-6-2-4-9-3-1-5-10(9)11;5-3(6)1-2-4(7)8/h2,4,6H,1,3,5,7-8,12H2;1-2H,(H,5,6)(H,7,8). The molecule has 0 heterocycles. The lowest BCUT2D eigenvalue weighted by Gasteiger charge is -2.09. The Morgan fingerprint density at radius 3 is 2.43 bits per heavy atom. The molecule has 0 bridgehead atoms. The van der Waals surface area contributed by atoms with Gasteiger partial charge in [0.1, 0.15) is 12.4 Å². The third-order valence-corrected chi connectivity index (χ3v) is 2.85. The molecule has 0 atom stereocenters. The SMILES string of the molecule is NCCOc1cccc2c1CCC2.O=C(O)C=CC(=O)O. The van der Waals surface area contributed by atoms with Crippen molar-refractivity contribution in [3.8, 4) is 5.75 Å². The number of rotatable bonds is 5. The van der Waals surface area contributed by atoms with Gasteiger partial charge in [-0.05, 0) is 36.5 Å². The zero-order valence-electron chi connectivity index (χ0n) is 11.6. The topological polar surface area (TPSA) is 110 Å². The molecule has 0 unspecified atom stereocenters. The number of carbonyl (C=O) groups is 2. The largest absolute Gasteiger partial charge is 0.492 e. The maximum absolute atomic E-state index is 9.55. The molecule has 6 nitrogen and oxygen atoms in total. The molecule has 1 aromatic carbocycles. The van der Waals surface area contributed by atoms with E-state index in [0.717, 1.165) is 12.2 Å². The lowest BCUT2D eigenvalue weighted by atomic mass is 10.1. The summed E-state index contributed by atoms with van der Waals surface area (Å²) < 4.78 is 5.57. The van der Waals surface area contributed by atoms with Gasteiger partial charge in [-0.3, -0.25) is 0 Å². The fraction of sp³-hybridized carbons (Fsp3) is 0.333. The molecular weight excluding hydrogens is 274 g/mol. The Kier molecular flexibility index (Phi) is 6.97. The lowest BCUT2D eigenvalue weighted by molar-refractivity contribution is -0.134. The van der Waals surface area contributed by atoms with E-state index >= 15 is 0 Å². The van der Waals surface area contributed by atoms with Crippen LogP contribution in [0.25, 0.3) is 0 Å². The Hall–Kier alpha value is -2.34. The van der Waals surface area contributed by atoms with E-state index in [0.29, 0.717) is 25.3 Å². The zero-order chi connectivity index (χ0) is 15.7. The van der Waals surface area contributed by atoms with E-state index in [1.807, 2.05) is 6.07 Å². The smallest absolute Gasteiger partial charge is 0.328 e. The monoisotopic (exact) mass is 293 g/mol. The summed E-state index contributed by atoms with van der Waals surface area (Å²) in [5.41, 5.74) is 8.25. The van der Waals surface area contributed by atoms with E-state index in [-0.39, 0.29) is 0 Å². The van der Waals surface area contributed by atoms with Crippen molar-refractivity contribution in [3.63, 3.8) is 0 Å². The highest BCUT2D eigenvalue weighted by atomic mass is 16.5. The van der Waals surface area contributed by atoms with Crippen molar-refractivity contribution in [2.75, 3.05) is 13.2 Å². The molecule has 0 aromatic heterocycles. The van der Waals surface area contributed by atoms with Crippen molar-refractivity contribution in [1.82, 2.24) is 0 Å². The Morgan fingerprint density at radius 2 is 1.86 bits per heavy atom. The fourth-order valence-electron chi connectivity index (χ4n) is 2.03. The first-order valence-corrected chi connectivity index (χ1v) is 6.62. The van der Waals surface area contributed by atoms with Crippen molar-refractivity contribution >= 4 is 11.9 Å². The van der Waals surface area contributed by atoms with Crippen LogP contribution in [0.4, 0.5) is 0 Å². The Morgan fingerprint density at radius 1 is 1.19 bits per heavy atom. The van der Waals surface area contributed by atoms with Crippen LogP contribution < -0.4 is 10.5 Å². The van der Waals surface area contributed by atoms with Crippen LogP contribution in [0.15, 0.2) is 30.4 Å². The number of carboxylic acid groups (broad SMARTS) is 2. The second kappa shape index (κ2) is 8.76. The van der Waals surface area contributed by atoms with Crippen molar-refractivity contribution in [3.05, 3.63) is 41.5 Å². The van der Waals surface area contributed by atoms with Crippen LogP contribution in [-0.4, -0.2) is 35.3 Å². The number of fused-ring (bicyclic) bond motifs is 1. The zero-order valence-corrected chi connectivity index (χ0v) is 11.6. The maximum Gasteiger partial charge on any atom is 0.328 e. The van der Waals surface area contributed by atoms with Gasteiger partial charge in [-0.15, -0.1) is 0 Å². The van der Waals surface area contributed by atoms with Crippen molar-refractivity contribution in [1.29, 1.82) is 0 Å². The summed E-state index contributed by atoms with van der Waals surface area (Å²) in [5, 5.41) is 15.6. The van der Waals surface area contributed by atoms with Gasteiger partial charge in [0.05, 0.1) is 0 Å². The molecule has 0 amide bonds. The van der Waals surface area contributed by atoms with Gasteiger partial charge in [0.25, 0.3) is 0 Å². The molecule has 6 heteroatoms. The Bertz CT molecular complexity index is 509. The normalized spacial score (nSPS) is 12.4. The quantitative estimate of drug-likeness (QED) is 0.704. The molecule has 1 aliphatic carbocycles. The summed E-state index contributed by atoms with van der Waals surface area (Å²) >= 11 is 0. The molecular formula is C15H19NO5. The minimum Gasteiger partial charge on any atom is -0.492 e. The summed E-state index contributed by atoms with van der Waals surface area (Å²) in [6.07, 6.45) is 4.74. The highest BCUT2D eigenvalue weighted by Gasteiger charge is 2.14. The summed E-state index contributed by atoms with van der Waals surface area (Å²) in [6.45, 7) is 1.21. The first kappa shape index (κ1) is 16.7. The van der Waals surface area contributed by atoms with Crippen molar-refractivity contribution in [2.24, 2.45) is 5.73 Å². The van der Waals surface area contributed by atoms with E-state index in [1.54, 1.807) is 0 Å². The number of ether oxygens (including phenoxy) is 1. The molecule has 0 saturated heterocycles. The van der Waals surface area contributed by atoms with Crippen LogP contribution in [-0.2, 0) is 22.4 Å². The second-order valence-electron chi connectivity index (χ2n) is 4.39. The third-order valence-electron chi connectivity index (χ3n) is 2.85. The van der Waals surface area contributed by atoms with Gasteiger partial charge >= 0.3 is 11.9 Å². The summed E-state index contributed by atoms with van der Waals surface area (Å²) in [7, 11) is 0. The first-order valence-electron chi connectivity index (χ1n) is 6.62. The summed E-state index contributed by atoms with van der Waals surface area (Å²) in [5.74, 6) is -1.47. The molecule has 114 valence electrons. The van der Waals surface area contributed by atoms with Crippen LogP contribution in [0.5, 0.6) is 5.75 Å². The van der Waals surface area contributed by atoms with Crippen molar-refractivity contribution in [2.45, 2.75) is 19.3 Å². The maximum atomic E-state index is 9.55. The van der Waals surface area contributed by atoms with E-state index in [1.165, 1.54) is 24.0 Å². The molecule has 0 fully saturated rings. The van der Waals surface area contributed by atoms with Crippen LogP contribution in [0.3, 0.4) is 0 Å². The third kappa shape index (κ3) is 6.09. The van der Waals surface area contributed by atoms with Gasteiger partial charge in [0, 0.05) is 18.7 Å². The first-order chi connectivity index (χ1) is 10.0. The van der Waals surface area contributed by atoms with Crippen molar-refractivity contribution < 1.29 is 24.5 Å². The minimum absolute atomic E-state index is 0.558. The van der Waals surface area contributed by atoms with Crippen LogP contribution in [0.1, 0.15) is 17.5 Å². The van der Waals surface area contributed by atoms with Gasteiger partial charge < -0.3 is 20.7 Å². The van der Waals surface area contributed by atoms with Crippen LogP contribution in [0, 0.1) is 0 Å². The molecule has 0 aliphatic heterocycles. The van der Waals surface area contributed by atoms with Gasteiger partial charge in [-0.25, -0.2) is 9.59 Å². The Labute approximate surface area is 122 Å². The van der Waals surface area contributed by atoms with E-state index in [4.69, 9.17) is 20.7 Å². The minimum atomic E-state index is -1.26. The van der Waals surface area contributed by atoms with Crippen LogP contribution >= 0.6 is 0 Å². The molecule has 2 rings (SSSR count). The van der Waals surface area contributed by atoms with Gasteiger partial charge in [0.2, 0.25) is 0 Å². The van der Waals surface area contributed by atoms with Gasteiger partial charge in [-0.1, -0.05) is 12.1 Å². The highest BCUT2D eigenvalue weighted by molar-refractivity contribution is 5.89. The number of hydrogen-bond acceptors (Lipinski definition) is 4. The van der Waals surface area contributed by atoms with E-state index < -0.39 is 11.9 Å². The molecule has 1 aromatic rings. The summed E-state index contributed by atoms with van der Waals surface area (Å²) in [6, 6.07) is 6.30. The number of hydrogen-bond donors (Lipinski definition) is 3. The fourth-order valence-corrected chi connectivity index (χ4v) is 2.03. The van der Waals surface area contributed by atoms with E-state index in [9.17, 15) is 9.59 Å². The number of aliphatic carboxylic acids is 2. The molecule has 21 heavy (non-hydrogen) atoms. The molecule has 4 N–H and O–H groups in total. The molecule has 0 spiro atoms. The van der Waals surface area contributed by atoms with Crippen LogP contribution in [0.2, 0.25) is 0 Å². The predicted molar refractivity (Wildman–Crippen MR) is 77.4 cm³/mol. The van der Waals surface area contributed by atoms with Gasteiger partial charge in [0.15, 0.2) is 0 Å². The number of carboxylic acids is 2. The summed E-state index contributed by atoms with van der Waals surface area (Å²) in [4.78, 5) is 19.1. The highest BCUT2D eigenvalue weighted by Crippen LogP contribution is 2.30. The molecule has 0 saturated carbocycles. The van der Waals surface area contributed by atoms with Gasteiger partial charge in [-0.2, -0.15) is 0 Å². The number of aryl methyl sites for hydroxylation is 1.